The molecule has 1 aromatic carbocycles. The molecule has 2 aromatic heterocycles. The number of hydrogen-bond acceptors (Lipinski definition) is 8. The van der Waals surface area contributed by atoms with Gasteiger partial charge in [0, 0.05) is 18.1 Å². The Bertz CT molecular complexity index is 1260. The first kappa shape index (κ1) is 23.8. The molecule has 4 N–H and O–H groups in total. The molecule has 2 saturated carbocycles. The second-order valence-electron chi connectivity index (χ2n) is 9.42. The highest BCUT2D eigenvalue weighted by molar-refractivity contribution is 7.92. The van der Waals surface area contributed by atoms with Crippen LogP contribution in [0.3, 0.4) is 0 Å². The maximum Gasteiger partial charge on any atom is 0.263 e. The van der Waals surface area contributed by atoms with Crippen LogP contribution in [-0.4, -0.2) is 46.6 Å². The Kier molecular flexibility index (Phi) is 6.79. The van der Waals surface area contributed by atoms with Gasteiger partial charge in [0.2, 0.25) is 5.95 Å². The molecule has 0 amide bonds. The van der Waals surface area contributed by atoms with Gasteiger partial charge in [0.25, 0.3) is 10.0 Å². The highest BCUT2D eigenvalue weighted by atomic mass is 32.2. The van der Waals surface area contributed by atoms with Crippen molar-refractivity contribution in [2.75, 3.05) is 16.6 Å². The second kappa shape index (κ2) is 9.98. The highest BCUT2D eigenvalue weighted by Crippen LogP contribution is 2.34. The van der Waals surface area contributed by atoms with Crippen LogP contribution >= 0.6 is 0 Å². The molecular formula is C24H33N7O3S. The predicted octanol–water partition coefficient (Wildman–Crippen LogP) is 3.82. The van der Waals surface area contributed by atoms with E-state index in [0.717, 1.165) is 38.5 Å². The van der Waals surface area contributed by atoms with Gasteiger partial charge in [-0.1, -0.05) is 12.8 Å². The number of nitrogens with one attached hydrogen (secondary N) is 2. The van der Waals surface area contributed by atoms with Crippen molar-refractivity contribution in [3.05, 3.63) is 30.6 Å². The molecule has 0 atom stereocenters. The fourth-order valence-corrected chi connectivity index (χ4v) is 6.02. The molecule has 0 spiro atoms. The minimum atomic E-state index is -3.89. The lowest BCUT2D eigenvalue weighted by atomic mass is 9.92. The van der Waals surface area contributed by atoms with Crippen LogP contribution in [0.15, 0.2) is 35.5 Å². The Hall–Kier alpha value is -2.92. The van der Waals surface area contributed by atoms with Gasteiger partial charge in [0.1, 0.15) is 5.75 Å². The van der Waals surface area contributed by atoms with Crippen molar-refractivity contribution in [1.82, 2.24) is 19.5 Å². The number of imidazole rings is 1. The van der Waals surface area contributed by atoms with E-state index in [1.807, 2.05) is 6.92 Å². The van der Waals surface area contributed by atoms with E-state index in [2.05, 4.69) is 24.6 Å². The summed E-state index contributed by atoms with van der Waals surface area (Å²) >= 11 is 0. The second-order valence-corrected chi connectivity index (χ2v) is 11.1. The van der Waals surface area contributed by atoms with Gasteiger partial charge in [-0.25, -0.2) is 13.4 Å². The smallest absolute Gasteiger partial charge is 0.263 e. The molecule has 2 aliphatic carbocycles. The molecule has 188 valence electrons. The Labute approximate surface area is 205 Å². The maximum atomic E-state index is 13.2. The lowest BCUT2D eigenvalue weighted by Gasteiger charge is -2.27. The Morgan fingerprint density at radius 3 is 2.46 bits per heavy atom. The predicted molar refractivity (Wildman–Crippen MR) is 135 cm³/mol. The number of aromatic nitrogens is 4. The summed E-state index contributed by atoms with van der Waals surface area (Å²) in [7, 11) is -3.89. The van der Waals surface area contributed by atoms with E-state index in [1.54, 1.807) is 18.5 Å². The molecule has 35 heavy (non-hydrogen) atoms. The van der Waals surface area contributed by atoms with Gasteiger partial charge in [-0.05, 0) is 69.7 Å². The molecule has 2 aliphatic rings. The number of hydrogen-bond donors (Lipinski definition) is 3. The third-order valence-corrected chi connectivity index (χ3v) is 8.28. The SMILES string of the molecule is CCOc1ccc(S(=O)(=O)Nc2nc(NC3CCC(N)CC3)nc3c2ncn3C2CCCC2)cc1. The summed E-state index contributed by atoms with van der Waals surface area (Å²) in [5, 5.41) is 3.42. The number of benzene rings is 1. The largest absolute Gasteiger partial charge is 0.494 e. The van der Waals surface area contributed by atoms with E-state index in [1.165, 1.54) is 25.0 Å². The first-order chi connectivity index (χ1) is 16.9. The van der Waals surface area contributed by atoms with Crippen molar-refractivity contribution in [3.63, 3.8) is 0 Å². The van der Waals surface area contributed by atoms with Crippen molar-refractivity contribution in [3.8, 4) is 5.75 Å². The summed E-state index contributed by atoms with van der Waals surface area (Å²) in [4.78, 5) is 14.0. The summed E-state index contributed by atoms with van der Waals surface area (Å²) in [6.07, 6.45) is 9.95. The summed E-state index contributed by atoms with van der Waals surface area (Å²) in [5.74, 6) is 1.20. The number of nitrogens with two attached hydrogens (primary N) is 1. The van der Waals surface area contributed by atoms with Crippen molar-refractivity contribution < 1.29 is 13.2 Å². The van der Waals surface area contributed by atoms with E-state index in [0.29, 0.717) is 35.5 Å². The molecule has 0 radical (unpaired) electrons. The molecule has 0 bridgehead atoms. The van der Waals surface area contributed by atoms with Gasteiger partial charge < -0.3 is 20.4 Å². The molecule has 5 rings (SSSR count). The summed E-state index contributed by atoms with van der Waals surface area (Å²) in [5.41, 5.74) is 7.15. The first-order valence-electron chi connectivity index (χ1n) is 12.5. The Balaban J connectivity index is 1.49. The lowest BCUT2D eigenvalue weighted by molar-refractivity contribution is 0.340. The molecule has 0 saturated heterocycles. The minimum Gasteiger partial charge on any atom is -0.494 e. The van der Waals surface area contributed by atoms with Gasteiger partial charge in [0.15, 0.2) is 17.0 Å². The molecule has 11 heteroatoms. The van der Waals surface area contributed by atoms with E-state index >= 15 is 0 Å². The molecule has 10 nitrogen and oxygen atoms in total. The van der Waals surface area contributed by atoms with Gasteiger partial charge >= 0.3 is 0 Å². The summed E-state index contributed by atoms with van der Waals surface area (Å²) in [6.45, 7) is 2.39. The van der Waals surface area contributed by atoms with Crippen LogP contribution in [0.4, 0.5) is 11.8 Å². The van der Waals surface area contributed by atoms with Crippen LogP contribution in [-0.2, 0) is 10.0 Å². The maximum absolute atomic E-state index is 13.2. The average Bonchev–Trinajstić information content (AvgIpc) is 3.51. The van der Waals surface area contributed by atoms with Crippen LogP contribution in [0, 0.1) is 0 Å². The number of rotatable bonds is 8. The first-order valence-corrected chi connectivity index (χ1v) is 13.9. The number of ether oxygens (including phenoxy) is 1. The summed E-state index contributed by atoms with van der Waals surface area (Å²) in [6, 6.07) is 7.07. The minimum absolute atomic E-state index is 0.124. The molecule has 0 aliphatic heterocycles. The van der Waals surface area contributed by atoms with Gasteiger partial charge in [0.05, 0.1) is 17.8 Å². The van der Waals surface area contributed by atoms with Crippen LogP contribution in [0.25, 0.3) is 11.2 Å². The third kappa shape index (κ3) is 5.20. The number of fused-ring (bicyclic) bond motifs is 1. The van der Waals surface area contributed by atoms with E-state index < -0.39 is 10.0 Å². The normalized spacial score (nSPS) is 21.3. The van der Waals surface area contributed by atoms with E-state index in [-0.39, 0.29) is 22.8 Å². The van der Waals surface area contributed by atoms with Crippen LogP contribution < -0.4 is 20.5 Å². The molecule has 2 heterocycles. The standard InChI is InChI=1S/C24H33N7O3S/c1-2-34-19-11-13-20(14-12-19)35(32,33)30-22-21-23(31(15-26-21)18-5-3-4-6-18)29-24(28-22)27-17-9-7-16(25)8-10-17/h11-18H,2-10,25H2,1H3,(H2,27,28,29,30). The van der Waals surface area contributed by atoms with Crippen LogP contribution in [0.2, 0.25) is 0 Å². The molecular weight excluding hydrogens is 466 g/mol. The van der Waals surface area contributed by atoms with Gasteiger partial charge in [-0.2, -0.15) is 9.97 Å². The zero-order valence-corrected chi connectivity index (χ0v) is 20.8. The molecule has 0 unspecified atom stereocenters. The zero-order chi connectivity index (χ0) is 24.4. The van der Waals surface area contributed by atoms with Crippen molar-refractivity contribution in [2.24, 2.45) is 5.73 Å². The topological polar surface area (TPSA) is 137 Å². The highest BCUT2D eigenvalue weighted by Gasteiger charge is 2.25. The number of nitrogens with zero attached hydrogens (tertiary/aromatic N) is 4. The van der Waals surface area contributed by atoms with Gasteiger partial charge in [-0.3, -0.25) is 4.72 Å². The van der Waals surface area contributed by atoms with E-state index in [4.69, 9.17) is 15.5 Å². The number of anilines is 2. The quantitative estimate of drug-likeness (QED) is 0.425. The molecule has 3 aromatic rings. The fraction of sp³-hybridized carbons (Fsp3) is 0.542. The van der Waals surface area contributed by atoms with Crippen LogP contribution in [0.5, 0.6) is 5.75 Å². The fourth-order valence-electron chi connectivity index (χ4n) is 5.02. The summed E-state index contributed by atoms with van der Waals surface area (Å²) < 4.78 is 36.6. The lowest BCUT2D eigenvalue weighted by Crippen LogP contribution is -2.33. The van der Waals surface area contributed by atoms with Gasteiger partial charge in [-0.15, -0.1) is 0 Å². The van der Waals surface area contributed by atoms with E-state index in [9.17, 15) is 8.42 Å². The van der Waals surface area contributed by atoms with Crippen molar-refractivity contribution >= 4 is 33.0 Å². The third-order valence-electron chi connectivity index (χ3n) is 6.92. The van der Waals surface area contributed by atoms with Crippen molar-refractivity contribution in [1.29, 1.82) is 0 Å². The Morgan fingerprint density at radius 1 is 1.06 bits per heavy atom. The average molecular weight is 500 g/mol. The monoisotopic (exact) mass is 499 g/mol. The Morgan fingerprint density at radius 2 is 1.77 bits per heavy atom. The zero-order valence-electron chi connectivity index (χ0n) is 20.0. The number of sulfonamides is 1. The van der Waals surface area contributed by atoms with Crippen molar-refractivity contribution in [2.45, 2.75) is 81.3 Å². The molecule has 2 fully saturated rings. The van der Waals surface area contributed by atoms with Crippen LogP contribution in [0.1, 0.15) is 64.3 Å².